The van der Waals surface area contributed by atoms with Crippen LogP contribution in [0.5, 0.6) is 5.75 Å². The summed E-state index contributed by atoms with van der Waals surface area (Å²) in [7, 11) is 0. The van der Waals surface area contributed by atoms with Crippen molar-refractivity contribution in [3.63, 3.8) is 0 Å². The number of nitrogens with zero attached hydrogens (tertiary/aromatic N) is 2. The minimum Gasteiger partial charge on any atom is -0.483 e. The Morgan fingerprint density at radius 1 is 1.24 bits per heavy atom. The van der Waals surface area contributed by atoms with Crippen molar-refractivity contribution in [2.24, 2.45) is 0 Å². The first-order valence-corrected chi connectivity index (χ1v) is 10.7. The number of carbonyl (C=O) groups is 1. The van der Waals surface area contributed by atoms with Crippen molar-refractivity contribution in [3.05, 3.63) is 59.4 Å². The van der Waals surface area contributed by atoms with Crippen molar-refractivity contribution < 1.29 is 9.53 Å². The van der Waals surface area contributed by atoms with Gasteiger partial charge in [-0.2, -0.15) is 0 Å². The molecule has 1 aliphatic rings. The third kappa shape index (κ3) is 6.04. The van der Waals surface area contributed by atoms with E-state index in [9.17, 15) is 4.79 Å². The third-order valence-electron chi connectivity index (χ3n) is 5.51. The Morgan fingerprint density at radius 3 is 2.86 bits per heavy atom. The number of carbonyl (C=O) groups excluding carboxylic acids is 1. The van der Waals surface area contributed by atoms with Gasteiger partial charge in [-0.25, -0.2) is 0 Å². The Balaban J connectivity index is 1.75. The number of ether oxygens (including phenoxy) is 1. The topological polar surface area (TPSA) is 54.5 Å². The predicted octanol–water partition coefficient (Wildman–Crippen LogP) is 4.06. The fraction of sp³-hybridized carbons (Fsp3) is 0.500. The Bertz CT molecular complexity index is 784. The van der Waals surface area contributed by atoms with Gasteiger partial charge in [0.05, 0.1) is 12.2 Å². The number of benzene rings is 1. The summed E-state index contributed by atoms with van der Waals surface area (Å²) in [6, 6.07) is 12.3. The molecule has 156 valence electrons. The fourth-order valence-electron chi connectivity index (χ4n) is 3.87. The minimum absolute atomic E-state index is 0.0266. The van der Waals surface area contributed by atoms with Crippen LogP contribution in [0.1, 0.15) is 55.8 Å². The number of nitrogens with one attached hydrogen (secondary N) is 1. The molecule has 5 heteroatoms. The Hall–Kier alpha value is -2.40. The van der Waals surface area contributed by atoms with Gasteiger partial charge in [0.2, 0.25) is 0 Å². The molecule has 1 amide bonds. The molecular formula is C24H33N3O2. The zero-order valence-electron chi connectivity index (χ0n) is 17.9. The van der Waals surface area contributed by atoms with Gasteiger partial charge in [0, 0.05) is 12.2 Å². The van der Waals surface area contributed by atoms with E-state index in [4.69, 9.17) is 4.74 Å². The van der Waals surface area contributed by atoms with Crippen molar-refractivity contribution >= 4 is 5.91 Å². The summed E-state index contributed by atoms with van der Waals surface area (Å²) in [6.07, 6.45) is 4.82. The summed E-state index contributed by atoms with van der Waals surface area (Å²) in [5.74, 6) is 1.19. The van der Waals surface area contributed by atoms with Crippen molar-refractivity contribution in [2.45, 2.75) is 58.5 Å². The number of amides is 1. The number of rotatable bonds is 7. The molecular weight excluding hydrogens is 362 g/mol. The van der Waals surface area contributed by atoms with E-state index in [2.05, 4.69) is 36.3 Å². The standard InChI is InChI=1S/C24H33N3O2/c1-18(2)22-10-9-19(3)15-23(22)29-17-24(28)27(16-20-7-4-5-13-26-20)21-8-6-12-25-14-11-21/h4-5,7,9-10,13,15,18,21,25H,6,8,11-12,14,16-17H2,1-3H3. The molecule has 2 heterocycles. The molecule has 2 aromatic rings. The van der Waals surface area contributed by atoms with Crippen LogP contribution in [0.15, 0.2) is 42.6 Å². The summed E-state index contributed by atoms with van der Waals surface area (Å²) < 4.78 is 6.05. The van der Waals surface area contributed by atoms with E-state index >= 15 is 0 Å². The van der Waals surface area contributed by atoms with Gasteiger partial charge in [0.15, 0.2) is 6.61 Å². The van der Waals surface area contributed by atoms with Crippen LogP contribution in [-0.4, -0.2) is 41.5 Å². The van der Waals surface area contributed by atoms with Gasteiger partial charge < -0.3 is 15.0 Å². The van der Waals surface area contributed by atoms with Crippen LogP contribution in [0.3, 0.4) is 0 Å². The molecule has 1 aromatic heterocycles. The molecule has 1 saturated heterocycles. The summed E-state index contributed by atoms with van der Waals surface area (Å²) in [4.78, 5) is 19.7. The van der Waals surface area contributed by atoms with Crippen LogP contribution in [-0.2, 0) is 11.3 Å². The van der Waals surface area contributed by atoms with Crippen molar-refractivity contribution in [3.8, 4) is 5.75 Å². The number of pyridine rings is 1. The molecule has 0 radical (unpaired) electrons. The number of hydrogen-bond donors (Lipinski definition) is 1. The van der Waals surface area contributed by atoms with Crippen LogP contribution in [0.4, 0.5) is 0 Å². The van der Waals surface area contributed by atoms with Gasteiger partial charge in [0.1, 0.15) is 5.75 Å². The summed E-state index contributed by atoms with van der Waals surface area (Å²) in [6.45, 7) is 8.87. The second-order valence-electron chi connectivity index (χ2n) is 8.16. The molecule has 1 unspecified atom stereocenters. The monoisotopic (exact) mass is 395 g/mol. The lowest BCUT2D eigenvalue weighted by atomic mass is 10.0. The van der Waals surface area contributed by atoms with Crippen molar-refractivity contribution in [2.75, 3.05) is 19.7 Å². The lowest BCUT2D eigenvalue weighted by molar-refractivity contribution is -0.136. The highest BCUT2D eigenvalue weighted by molar-refractivity contribution is 5.78. The van der Waals surface area contributed by atoms with Crippen molar-refractivity contribution in [1.29, 1.82) is 0 Å². The largest absolute Gasteiger partial charge is 0.483 e. The van der Waals surface area contributed by atoms with E-state index in [1.54, 1.807) is 6.20 Å². The zero-order chi connectivity index (χ0) is 20.6. The molecule has 5 nitrogen and oxygen atoms in total. The van der Waals surface area contributed by atoms with E-state index < -0.39 is 0 Å². The molecule has 0 bridgehead atoms. The molecule has 1 aliphatic heterocycles. The third-order valence-corrected chi connectivity index (χ3v) is 5.51. The van der Waals surface area contributed by atoms with Crippen LogP contribution >= 0.6 is 0 Å². The number of aryl methyl sites for hydroxylation is 1. The van der Waals surface area contributed by atoms with Crippen molar-refractivity contribution in [1.82, 2.24) is 15.2 Å². The fourth-order valence-corrected chi connectivity index (χ4v) is 3.87. The first-order chi connectivity index (χ1) is 14.0. The Morgan fingerprint density at radius 2 is 2.10 bits per heavy atom. The maximum Gasteiger partial charge on any atom is 0.261 e. The van der Waals surface area contributed by atoms with Gasteiger partial charge in [-0.1, -0.05) is 32.0 Å². The highest BCUT2D eigenvalue weighted by Gasteiger charge is 2.26. The quantitative estimate of drug-likeness (QED) is 0.768. The maximum atomic E-state index is 13.3. The molecule has 1 fully saturated rings. The first-order valence-electron chi connectivity index (χ1n) is 10.7. The van der Waals surface area contributed by atoms with Gasteiger partial charge in [0.25, 0.3) is 5.91 Å². The Kier molecular flexibility index (Phi) is 7.64. The normalized spacial score (nSPS) is 17.0. The Labute approximate surface area is 174 Å². The summed E-state index contributed by atoms with van der Waals surface area (Å²) in [5.41, 5.74) is 3.19. The average molecular weight is 396 g/mol. The molecule has 0 spiro atoms. The lowest BCUT2D eigenvalue weighted by Crippen LogP contribution is -2.43. The van der Waals surface area contributed by atoms with Gasteiger partial charge >= 0.3 is 0 Å². The van der Waals surface area contributed by atoms with E-state index in [1.165, 1.54) is 0 Å². The number of aromatic nitrogens is 1. The van der Waals surface area contributed by atoms with Crippen LogP contribution < -0.4 is 10.1 Å². The first kappa shape index (κ1) is 21.3. The summed E-state index contributed by atoms with van der Waals surface area (Å²) >= 11 is 0. The molecule has 3 rings (SSSR count). The van der Waals surface area contributed by atoms with E-state index in [0.717, 1.165) is 54.9 Å². The minimum atomic E-state index is 0.0266. The van der Waals surface area contributed by atoms with Gasteiger partial charge in [-0.05, 0) is 74.5 Å². The molecule has 0 saturated carbocycles. The smallest absolute Gasteiger partial charge is 0.261 e. The lowest BCUT2D eigenvalue weighted by Gasteiger charge is -2.31. The molecule has 1 atom stereocenters. The average Bonchev–Trinajstić information content (AvgIpc) is 3.00. The van der Waals surface area contributed by atoms with E-state index in [-0.39, 0.29) is 18.6 Å². The molecule has 29 heavy (non-hydrogen) atoms. The highest BCUT2D eigenvalue weighted by atomic mass is 16.5. The number of hydrogen-bond acceptors (Lipinski definition) is 4. The zero-order valence-corrected chi connectivity index (χ0v) is 17.9. The maximum absolute atomic E-state index is 13.3. The molecule has 1 aromatic carbocycles. The summed E-state index contributed by atoms with van der Waals surface area (Å²) in [5, 5.41) is 3.43. The van der Waals surface area contributed by atoms with Gasteiger partial charge in [-0.15, -0.1) is 0 Å². The van der Waals surface area contributed by atoms with E-state index in [0.29, 0.717) is 12.5 Å². The van der Waals surface area contributed by atoms with Crippen LogP contribution in [0, 0.1) is 6.92 Å². The molecule has 0 aliphatic carbocycles. The second-order valence-corrected chi connectivity index (χ2v) is 8.16. The SMILES string of the molecule is Cc1ccc(C(C)C)c(OCC(=O)N(Cc2ccccn2)C2CCCNCC2)c1. The van der Waals surface area contributed by atoms with Gasteiger partial charge in [-0.3, -0.25) is 9.78 Å². The van der Waals surface area contributed by atoms with Crippen LogP contribution in [0.2, 0.25) is 0 Å². The highest BCUT2D eigenvalue weighted by Crippen LogP contribution is 2.27. The second kappa shape index (κ2) is 10.4. The predicted molar refractivity (Wildman–Crippen MR) is 116 cm³/mol. The van der Waals surface area contributed by atoms with E-state index in [1.807, 2.05) is 36.1 Å². The molecule has 1 N–H and O–H groups in total. The van der Waals surface area contributed by atoms with Crippen LogP contribution in [0.25, 0.3) is 0 Å².